The normalized spacial score (nSPS) is 23.8. The maximum Gasteiger partial charge on any atom is 0.410 e. The average Bonchev–Trinajstić information content (AvgIpc) is 4.07. The Morgan fingerprint density at radius 3 is 2.44 bits per heavy atom. The summed E-state index contributed by atoms with van der Waals surface area (Å²) in [6.45, 7) is 13.6. The molecule has 3 fully saturated rings. The van der Waals surface area contributed by atoms with Gasteiger partial charge in [-0.2, -0.15) is 0 Å². The second-order valence-corrected chi connectivity index (χ2v) is 19.2. The Bertz CT molecular complexity index is 1940. The summed E-state index contributed by atoms with van der Waals surface area (Å²) in [5, 5.41) is 1.10. The summed E-state index contributed by atoms with van der Waals surface area (Å²) in [7, 11) is -2.04. The number of primary amides is 1. The summed E-state index contributed by atoms with van der Waals surface area (Å²) in [4.78, 5) is 61.4. The maximum atomic E-state index is 14.8. The number of carbonyl (C=O) groups excluding carboxylic acids is 4. The third-order valence-electron chi connectivity index (χ3n) is 11.4. The lowest BCUT2D eigenvalue weighted by Crippen LogP contribution is -2.56. The standard InChI is InChI=1S/C42H61N5O9S/c1-9-27(21-26(3)15-11-12-16-28-23-42(28,7)39(50)45-57(52,53)30-19-20-30)35(46(8)40(51)56-41(4,5)6)38(49)47-25-29(22-33(47)36(43)48)55-37-32-18-14-13-17-31(32)34(24-44-37)54-10-2/h12-14,16-18,24,26-30,33,35H,9-11,15,19-23,25H2,1-8H3,(H2,43,48)(H,45,50)/b16-12-/t26-,27-,28-,29-,33+,35+,42+/m1/s1. The van der Waals surface area contributed by atoms with Gasteiger partial charge in [0.25, 0.3) is 0 Å². The van der Waals surface area contributed by atoms with Gasteiger partial charge < -0.3 is 24.8 Å². The number of hydrogen-bond donors (Lipinski definition) is 2. The lowest BCUT2D eigenvalue weighted by molar-refractivity contribution is -0.143. The summed E-state index contributed by atoms with van der Waals surface area (Å²) >= 11 is 0. The van der Waals surface area contributed by atoms with Crippen LogP contribution in [0.5, 0.6) is 11.6 Å². The van der Waals surface area contributed by atoms with Gasteiger partial charge in [-0.15, -0.1) is 0 Å². The molecule has 2 aliphatic carbocycles. The molecule has 7 atom stereocenters. The molecule has 1 aromatic heterocycles. The average molecular weight is 812 g/mol. The molecule has 314 valence electrons. The first-order chi connectivity index (χ1) is 26.8. The number of aromatic nitrogens is 1. The highest BCUT2D eigenvalue weighted by molar-refractivity contribution is 7.90. The summed E-state index contributed by atoms with van der Waals surface area (Å²) < 4.78 is 44.8. The highest BCUT2D eigenvalue weighted by Crippen LogP contribution is 2.53. The van der Waals surface area contributed by atoms with Crippen LogP contribution in [0.4, 0.5) is 4.79 Å². The molecule has 3 N–H and O–H groups in total. The lowest BCUT2D eigenvalue weighted by atomic mass is 9.84. The van der Waals surface area contributed by atoms with Crippen molar-refractivity contribution in [2.45, 2.75) is 129 Å². The summed E-state index contributed by atoms with van der Waals surface area (Å²) in [5.41, 5.74) is 4.38. The third kappa shape index (κ3) is 10.6. The van der Waals surface area contributed by atoms with Gasteiger partial charge in [-0.1, -0.05) is 57.5 Å². The second-order valence-electron chi connectivity index (χ2n) is 17.2. The molecule has 1 saturated heterocycles. The van der Waals surface area contributed by atoms with Crippen LogP contribution in [0, 0.1) is 23.2 Å². The van der Waals surface area contributed by atoms with Gasteiger partial charge in [0.2, 0.25) is 33.6 Å². The third-order valence-corrected chi connectivity index (χ3v) is 13.2. The van der Waals surface area contributed by atoms with Crippen LogP contribution in [0.2, 0.25) is 0 Å². The SMILES string of the molecule is CCOc1cnc(O[C@@H]2C[C@@H](C(N)=O)N(C(=O)[C@H]([C@H](CC)C[C@H](C)CC/C=C\[C@@H]3C[C@]3(C)C(=O)NS(=O)(=O)C3CC3)N(C)C(=O)OC(C)(C)C)C2)c2ccccc12. The fourth-order valence-corrected chi connectivity index (χ4v) is 9.22. The van der Waals surface area contributed by atoms with Gasteiger partial charge in [0.05, 0.1) is 30.0 Å². The van der Waals surface area contributed by atoms with Crippen molar-refractivity contribution in [1.82, 2.24) is 19.5 Å². The predicted octanol–water partition coefficient (Wildman–Crippen LogP) is 5.73. The molecular formula is C42H61N5O9S. The minimum absolute atomic E-state index is 0.0366. The van der Waals surface area contributed by atoms with Crippen molar-refractivity contribution >= 4 is 44.6 Å². The zero-order valence-electron chi connectivity index (χ0n) is 34.7. The number of likely N-dealkylation sites (tertiary alicyclic amines) is 1. The Labute approximate surface area is 337 Å². The number of likely N-dealkylation sites (N-methyl/N-ethyl adjacent to an activating group) is 1. The molecule has 14 nitrogen and oxygen atoms in total. The van der Waals surface area contributed by atoms with Gasteiger partial charge >= 0.3 is 6.09 Å². The van der Waals surface area contributed by atoms with Crippen LogP contribution >= 0.6 is 0 Å². The van der Waals surface area contributed by atoms with E-state index in [2.05, 4.69) is 16.6 Å². The topological polar surface area (TPSA) is 188 Å². The number of hydrogen-bond acceptors (Lipinski definition) is 10. The van der Waals surface area contributed by atoms with E-state index in [1.165, 1.54) is 9.80 Å². The van der Waals surface area contributed by atoms with E-state index in [0.29, 0.717) is 50.3 Å². The molecule has 15 heteroatoms. The number of benzene rings is 1. The molecule has 2 saturated carbocycles. The van der Waals surface area contributed by atoms with Crippen LogP contribution in [-0.2, 0) is 29.1 Å². The monoisotopic (exact) mass is 811 g/mol. The van der Waals surface area contributed by atoms with E-state index in [-0.39, 0.29) is 30.7 Å². The number of rotatable bonds is 18. The molecular weight excluding hydrogens is 751 g/mol. The Hall–Kier alpha value is -4.40. The summed E-state index contributed by atoms with van der Waals surface area (Å²) in [5.74, 6) is -0.727. The van der Waals surface area contributed by atoms with E-state index < -0.39 is 68.3 Å². The minimum atomic E-state index is -3.60. The quantitative estimate of drug-likeness (QED) is 0.176. The number of carbonyl (C=O) groups is 4. The Balaban J connectivity index is 1.28. The maximum absolute atomic E-state index is 14.8. The molecule has 1 aromatic carbocycles. The van der Waals surface area contributed by atoms with Crippen molar-refractivity contribution < 1.29 is 41.8 Å². The highest BCUT2D eigenvalue weighted by Gasteiger charge is 2.56. The van der Waals surface area contributed by atoms with Gasteiger partial charge in [-0.25, -0.2) is 18.2 Å². The van der Waals surface area contributed by atoms with Gasteiger partial charge in [0.1, 0.15) is 29.5 Å². The van der Waals surface area contributed by atoms with Crippen LogP contribution in [0.15, 0.2) is 42.6 Å². The molecule has 1 aliphatic heterocycles. The molecule has 0 spiro atoms. The second kappa shape index (κ2) is 17.6. The first-order valence-corrected chi connectivity index (χ1v) is 21.8. The van der Waals surface area contributed by atoms with Crippen molar-refractivity contribution in [2.24, 2.45) is 28.9 Å². The van der Waals surface area contributed by atoms with E-state index >= 15 is 0 Å². The molecule has 5 rings (SSSR count). The van der Waals surface area contributed by atoms with Crippen LogP contribution < -0.4 is 19.9 Å². The number of nitrogens with two attached hydrogens (primary N) is 1. The molecule has 57 heavy (non-hydrogen) atoms. The van der Waals surface area contributed by atoms with E-state index in [4.69, 9.17) is 19.9 Å². The Morgan fingerprint density at radius 1 is 1.14 bits per heavy atom. The number of sulfonamides is 1. The molecule has 2 aromatic rings. The molecule has 0 bridgehead atoms. The number of allylic oxidation sites excluding steroid dienone is 2. The zero-order valence-corrected chi connectivity index (χ0v) is 35.5. The lowest BCUT2D eigenvalue weighted by Gasteiger charge is -2.38. The van der Waals surface area contributed by atoms with Crippen molar-refractivity contribution in [3.05, 3.63) is 42.6 Å². The summed E-state index contributed by atoms with van der Waals surface area (Å²) in [6, 6.07) is 5.65. The van der Waals surface area contributed by atoms with E-state index in [9.17, 15) is 27.6 Å². The molecule has 2 heterocycles. The smallest absolute Gasteiger partial charge is 0.410 e. The van der Waals surface area contributed by atoms with E-state index in [1.54, 1.807) is 40.9 Å². The van der Waals surface area contributed by atoms with Crippen LogP contribution in [0.3, 0.4) is 0 Å². The van der Waals surface area contributed by atoms with Crippen molar-refractivity contribution in [3.8, 4) is 11.6 Å². The minimum Gasteiger partial charge on any atom is -0.492 e. The van der Waals surface area contributed by atoms with Gasteiger partial charge in [0.15, 0.2) is 0 Å². The first-order valence-electron chi connectivity index (χ1n) is 20.2. The van der Waals surface area contributed by atoms with Crippen molar-refractivity contribution in [1.29, 1.82) is 0 Å². The van der Waals surface area contributed by atoms with Gasteiger partial charge in [0, 0.05) is 24.2 Å². The Kier molecular flexibility index (Phi) is 13.5. The largest absolute Gasteiger partial charge is 0.492 e. The number of pyridine rings is 1. The van der Waals surface area contributed by atoms with Crippen LogP contribution in [-0.4, -0.2) is 96.3 Å². The van der Waals surface area contributed by atoms with E-state index in [0.717, 1.165) is 23.6 Å². The van der Waals surface area contributed by atoms with Gasteiger partial charge in [-0.3, -0.25) is 24.0 Å². The predicted molar refractivity (Wildman–Crippen MR) is 217 cm³/mol. The van der Waals surface area contributed by atoms with Crippen LogP contribution in [0.25, 0.3) is 10.8 Å². The molecule has 0 unspecified atom stereocenters. The Morgan fingerprint density at radius 2 is 1.82 bits per heavy atom. The van der Waals surface area contributed by atoms with Crippen molar-refractivity contribution in [2.75, 3.05) is 20.2 Å². The number of fused-ring (bicyclic) bond motifs is 1. The molecule has 0 radical (unpaired) electrons. The number of nitrogens with zero attached hydrogens (tertiary/aromatic N) is 3. The number of amides is 4. The number of ether oxygens (including phenoxy) is 3. The number of nitrogens with one attached hydrogen (secondary N) is 1. The zero-order chi connectivity index (χ0) is 41.9. The fraction of sp³-hybridized carbons (Fsp3) is 0.643. The van der Waals surface area contributed by atoms with Crippen LogP contribution in [0.1, 0.15) is 99.8 Å². The van der Waals surface area contributed by atoms with Gasteiger partial charge in [-0.05, 0) is 90.0 Å². The fourth-order valence-electron chi connectivity index (χ4n) is 7.80. The molecule has 3 aliphatic rings. The van der Waals surface area contributed by atoms with Crippen molar-refractivity contribution in [3.63, 3.8) is 0 Å². The highest BCUT2D eigenvalue weighted by atomic mass is 32.2. The first kappa shape index (κ1) is 43.7. The molecule has 4 amide bonds. The summed E-state index contributed by atoms with van der Waals surface area (Å²) in [6.07, 6.45) is 9.00. The van der Waals surface area contributed by atoms with E-state index in [1.807, 2.05) is 50.3 Å².